The zero-order valence-electron chi connectivity index (χ0n) is 14.9. The summed E-state index contributed by atoms with van der Waals surface area (Å²) in [7, 11) is 1.78. The first-order valence-corrected chi connectivity index (χ1v) is 8.74. The number of benzene rings is 1. The van der Waals surface area contributed by atoms with Crippen molar-refractivity contribution in [1.29, 1.82) is 0 Å². The van der Waals surface area contributed by atoms with Crippen molar-refractivity contribution in [3.8, 4) is 0 Å². The van der Waals surface area contributed by atoms with Gasteiger partial charge in [-0.1, -0.05) is 36.3 Å². The molecule has 1 aromatic carbocycles. The van der Waals surface area contributed by atoms with Gasteiger partial charge in [-0.25, -0.2) is 0 Å². The second-order valence-electron chi connectivity index (χ2n) is 6.40. The van der Waals surface area contributed by atoms with Crippen LogP contribution in [0.1, 0.15) is 34.3 Å². The lowest BCUT2D eigenvalue weighted by molar-refractivity contribution is 0.0305. The average molecular weight is 343 g/mol. The Morgan fingerprint density at radius 3 is 2.56 bits per heavy atom. The summed E-state index contributed by atoms with van der Waals surface area (Å²) in [5.41, 5.74) is 2.75. The molecule has 0 radical (unpaired) electrons. The Morgan fingerprint density at radius 1 is 1.20 bits per heavy atom. The summed E-state index contributed by atoms with van der Waals surface area (Å²) < 4.78 is 10.7. The second kappa shape index (κ2) is 8.27. The normalized spacial score (nSPS) is 15.3. The molecule has 0 bridgehead atoms. The molecule has 134 valence electrons. The minimum absolute atomic E-state index is 0.128. The van der Waals surface area contributed by atoms with Gasteiger partial charge >= 0.3 is 0 Å². The van der Waals surface area contributed by atoms with Crippen molar-refractivity contribution in [1.82, 2.24) is 15.0 Å². The lowest BCUT2D eigenvalue weighted by Gasteiger charge is -2.25. The molecule has 1 aliphatic rings. The zero-order valence-corrected chi connectivity index (χ0v) is 14.9. The first-order chi connectivity index (χ1) is 12.2. The quantitative estimate of drug-likeness (QED) is 0.806. The number of ether oxygens (including phenoxy) is 1. The highest BCUT2D eigenvalue weighted by molar-refractivity contribution is 5.92. The molecule has 0 spiro atoms. The van der Waals surface area contributed by atoms with E-state index in [1.54, 1.807) is 18.0 Å². The first kappa shape index (κ1) is 17.6. The number of hydrogen-bond donors (Lipinski definition) is 0. The third-order valence-corrected chi connectivity index (χ3v) is 4.46. The molecule has 25 heavy (non-hydrogen) atoms. The third kappa shape index (κ3) is 4.67. The molecular weight excluding hydrogens is 318 g/mol. The summed E-state index contributed by atoms with van der Waals surface area (Å²) in [4.78, 5) is 16.4. The number of hydrogen-bond acceptors (Lipinski definition) is 5. The molecule has 6 nitrogen and oxygen atoms in total. The highest BCUT2D eigenvalue weighted by atomic mass is 16.5. The van der Waals surface area contributed by atoms with Gasteiger partial charge in [0.1, 0.15) is 0 Å². The topological polar surface area (TPSA) is 58.8 Å². The van der Waals surface area contributed by atoms with E-state index in [2.05, 4.69) is 41.2 Å². The number of aryl methyl sites for hydroxylation is 1. The Balaban J connectivity index is 1.57. The van der Waals surface area contributed by atoms with Gasteiger partial charge in [-0.05, 0) is 17.5 Å². The van der Waals surface area contributed by atoms with Crippen molar-refractivity contribution in [2.75, 3.05) is 33.4 Å². The van der Waals surface area contributed by atoms with Gasteiger partial charge in [-0.15, -0.1) is 0 Å². The minimum Gasteiger partial charge on any atom is -0.379 e. The molecule has 0 aliphatic carbocycles. The minimum atomic E-state index is -0.128. The number of carbonyl (C=O) groups is 1. The molecular formula is C19H25N3O3. The van der Waals surface area contributed by atoms with Crippen LogP contribution in [0.4, 0.5) is 0 Å². The van der Waals surface area contributed by atoms with Crippen molar-refractivity contribution in [3.63, 3.8) is 0 Å². The molecule has 1 saturated heterocycles. The number of amides is 1. The van der Waals surface area contributed by atoms with E-state index in [0.717, 1.165) is 38.3 Å². The van der Waals surface area contributed by atoms with Crippen molar-refractivity contribution in [3.05, 3.63) is 52.9 Å². The maximum atomic E-state index is 12.5. The number of rotatable bonds is 6. The number of nitrogens with zero attached hydrogens (tertiary/aromatic N) is 3. The van der Waals surface area contributed by atoms with Gasteiger partial charge in [0.2, 0.25) is 0 Å². The van der Waals surface area contributed by atoms with Gasteiger partial charge in [0.15, 0.2) is 11.5 Å². The van der Waals surface area contributed by atoms with Crippen LogP contribution in [-0.4, -0.2) is 54.2 Å². The molecule has 0 N–H and O–H groups in total. The Kier molecular flexibility index (Phi) is 5.83. The van der Waals surface area contributed by atoms with E-state index < -0.39 is 0 Å². The summed E-state index contributed by atoms with van der Waals surface area (Å²) in [6.45, 7) is 6.55. The van der Waals surface area contributed by atoms with Crippen LogP contribution in [0.2, 0.25) is 0 Å². The fraction of sp³-hybridized carbons (Fsp3) is 0.474. The molecule has 2 heterocycles. The van der Waals surface area contributed by atoms with E-state index in [-0.39, 0.29) is 5.91 Å². The summed E-state index contributed by atoms with van der Waals surface area (Å²) in [6.07, 6.45) is 1.01. The third-order valence-electron chi connectivity index (χ3n) is 4.46. The van der Waals surface area contributed by atoms with Crippen LogP contribution in [0.25, 0.3) is 0 Å². The highest BCUT2D eigenvalue weighted by Crippen LogP contribution is 2.13. The number of morpholine rings is 1. The Hall–Kier alpha value is -2.18. The van der Waals surface area contributed by atoms with Crippen molar-refractivity contribution >= 4 is 5.91 Å². The molecule has 1 amide bonds. The highest BCUT2D eigenvalue weighted by Gasteiger charge is 2.19. The van der Waals surface area contributed by atoms with Gasteiger partial charge in [0.25, 0.3) is 5.91 Å². The molecule has 1 fully saturated rings. The fourth-order valence-corrected chi connectivity index (χ4v) is 2.89. The van der Waals surface area contributed by atoms with E-state index in [4.69, 9.17) is 9.26 Å². The predicted octanol–water partition coefficient (Wildman–Crippen LogP) is 2.34. The molecule has 0 atom stereocenters. The van der Waals surface area contributed by atoms with E-state index in [9.17, 15) is 4.79 Å². The van der Waals surface area contributed by atoms with Gasteiger partial charge in [-0.3, -0.25) is 9.69 Å². The van der Waals surface area contributed by atoms with Crippen LogP contribution in [0.3, 0.4) is 0 Å². The van der Waals surface area contributed by atoms with E-state index in [1.165, 1.54) is 5.56 Å². The molecule has 0 unspecified atom stereocenters. The summed E-state index contributed by atoms with van der Waals surface area (Å²) in [6, 6.07) is 10.1. The molecule has 1 aliphatic heterocycles. The molecule has 2 aromatic rings. The number of aromatic nitrogens is 1. The predicted molar refractivity (Wildman–Crippen MR) is 94.2 cm³/mol. The van der Waals surface area contributed by atoms with Gasteiger partial charge < -0.3 is 14.2 Å². The fourth-order valence-electron chi connectivity index (χ4n) is 2.89. The molecule has 0 saturated carbocycles. The average Bonchev–Trinajstić information content (AvgIpc) is 3.11. The molecule has 3 rings (SSSR count). The van der Waals surface area contributed by atoms with Crippen LogP contribution in [-0.2, 0) is 24.2 Å². The maximum absolute atomic E-state index is 12.5. The van der Waals surface area contributed by atoms with Crippen LogP contribution < -0.4 is 0 Å². The van der Waals surface area contributed by atoms with Crippen LogP contribution in [0.5, 0.6) is 0 Å². The van der Waals surface area contributed by atoms with Crippen molar-refractivity contribution in [2.24, 2.45) is 0 Å². The Bertz CT molecular complexity index is 690. The standard InChI is InChI=1S/C19H25N3O3/c1-3-15-4-6-16(7-5-15)13-21(2)19(23)18-12-17(25-20-18)14-22-8-10-24-11-9-22/h4-7,12H,3,8-11,13-14H2,1-2H3. The Labute approximate surface area is 148 Å². The first-order valence-electron chi connectivity index (χ1n) is 8.74. The monoisotopic (exact) mass is 343 g/mol. The van der Waals surface area contributed by atoms with E-state index >= 15 is 0 Å². The summed E-state index contributed by atoms with van der Waals surface area (Å²) in [5, 5.41) is 3.95. The summed E-state index contributed by atoms with van der Waals surface area (Å²) >= 11 is 0. The van der Waals surface area contributed by atoms with Crippen molar-refractivity contribution < 1.29 is 14.1 Å². The lowest BCUT2D eigenvalue weighted by atomic mass is 10.1. The van der Waals surface area contributed by atoms with E-state index in [1.807, 2.05) is 0 Å². The second-order valence-corrected chi connectivity index (χ2v) is 6.40. The van der Waals surface area contributed by atoms with Crippen LogP contribution >= 0.6 is 0 Å². The van der Waals surface area contributed by atoms with Gasteiger partial charge in [0.05, 0.1) is 19.8 Å². The SMILES string of the molecule is CCc1ccc(CN(C)C(=O)c2cc(CN3CCOCC3)on2)cc1. The lowest BCUT2D eigenvalue weighted by Crippen LogP contribution is -2.35. The van der Waals surface area contributed by atoms with Gasteiger partial charge in [0, 0.05) is 32.7 Å². The molecule has 6 heteroatoms. The van der Waals surface area contributed by atoms with Gasteiger partial charge in [-0.2, -0.15) is 0 Å². The van der Waals surface area contributed by atoms with Crippen LogP contribution in [0, 0.1) is 0 Å². The largest absolute Gasteiger partial charge is 0.379 e. The zero-order chi connectivity index (χ0) is 17.6. The van der Waals surface area contributed by atoms with E-state index in [0.29, 0.717) is 24.5 Å². The van der Waals surface area contributed by atoms with Crippen LogP contribution in [0.15, 0.2) is 34.9 Å². The smallest absolute Gasteiger partial charge is 0.276 e. The maximum Gasteiger partial charge on any atom is 0.276 e. The number of carbonyl (C=O) groups excluding carboxylic acids is 1. The Morgan fingerprint density at radius 2 is 1.88 bits per heavy atom. The van der Waals surface area contributed by atoms with Crippen molar-refractivity contribution in [2.45, 2.75) is 26.4 Å². The molecule has 1 aromatic heterocycles. The summed E-state index contributed by atoms with van der Waals surface area (Å²) in [5.74, 6) is 0.586.